The SMILES string of the molecule is CCCCOCCOCCOCCO.OCCN(CCO)CCO. The molecule has 0 amide bonds. The zero-order valence-electron chi connectivity index (χ0n) is 15.1. The van der Waals surface area contributed by atoms with Crippen LogP contribution in [0.5, 0.6) is 0 Å². The van der Waals surface area contributed by atoms with Crippen LogP contribution in [0.2, 0.25) is 0 Å². The molecule has 0 aromatic heterocycles. The van der Waals surface area contributed by atoms with Crippen LogP contribution >= 0.6 is 0 Å². The normalized spacial score (nSPS) is 10.8. The van der Waals surface area contributed by atoms with Crippen LogP contribution in [0.15, 0.2) is 0 Å². The van der Waals surface area contributed by atoms with E-state index < -0.39 is 0 Å². The van der Waals surface area contributed by atoms with Crippen molar-refractivity contribution in [3.05, 3.63) is 0 Å². The lowest BCUT2D eigenvalue weighted by molar-refractivity contribution is 0.00735. The highest BCUT2D eigenvalue weighted by molar-refractivity contribution is 4.54. The van der Waals surface area contributed by atoms with Gasteiger partial charge in [-0.05, 0) is 6.42 Å². The number of aliphatic hydroxyl groups excluding tert-OH is 4. The Morgan fingerprint density at radius 1 is 0.583 bits per heavy atom. The number of nitrogens with zero attached hydrogens (tertiary/aromatic N) is 1. The van der Waals surface area contributed by atoms with E-state index in [1.54, 1.807) is 4.90 Å². The van der Waals surface area contributed by atoms with Crippen molar-refractivity contribution in [2.24, 2.45) is 0 Å². The molecule has 0 aromatic carbocycles. The van der Waals surface area contributed by atoms with Gasteiger partial charge in [-0.1, -0.05) is 13.3 Å². The molecule has 0 aliphatic rings. The molecule has 0 saturated carbocycles. The van der Waals surface area contributed by atoms with E-state index in [-0.39, 0.29) is 26.4 Å². The first kappa shape index (κ1) is 25.9. The predicted molar refractivity (Wildman–Crippen MR) is 92.1 cm³/mol. The maximum absolute atomic E-state index is 8.48. The Labute approximate surface area is 145 Å². The molecule has 0 unspecified atom stereocenters. The molecule has 148 valence electrons. The second kappa shape index (κ2) is 24.9. The third kappa shape index (κ3) is 23.9. The number of aliphatic hydroxyl groups is 4. The van der Waals surface area contributed by atoms with Crippen molar-refractivity contribution in [3.63, 3.8) is 0 Å². The van der Waals surface area contributed by atoms with E-state index in [0.717, 1.165) is 19.4 Å². The fourth-order valence-corrected chi connectivity index (χ4v) is 1.61. The summed E-state index contributed by atoms with van der Waals surface area (Å²) in [6.07, 6.45) is 2.27. The fourth-order valence-electron chi connectivity index (χ4n) is 1.61. The molecule has 8 heteroatoms. The smallest absolute Gasteiger partial charge is 0.0701 e. The van der Waals surface area contributed by atoms with Crippen LogP contribution in [0, 0.1) is 0 Å². The Hall–Kier alpha value is -0.320. The van der Waals surface area contributed by atoms with Crippen molar-refractivity contribution in [1.29, 1.82) is 0 Å². The third-order valence-corrected chi connectivity index (χ3v) is 2.87. The molecule has 0 aliphatic heterocycles. The van der Waals surface area contributed by atoms with Crippen molar-refractivity contribution in [2.75, 3.05) is 85.7 Å². The van der Waals surface area contributed by atoms with Crippen LogP contribution in [-0.4, -0.2) is 111 Å². The van der Waals surface area contributed by atoms with E-state index in [9.17, 15) is 0 Å². The van der Waals surface area contributed by atoms with E-state index in [4.69, 9.17) is 34.6 Å². The molecule has 0 atom stereocenters. The van der Waals surface area contributed by atoms with E-state index in [1.807, 2.05) is 0 Å². The van der Waals surface area contributed by atoms with E-state index in [0.29, 0.717) is 52.7 Å². The van der Waals surface area contributed by atoms with Crippen LogP contribution in [0.25, 0.3) is 0 Å². The average Bonchev–Trinajstić information content (AvgIpc) is 2.58. The molecule has 0 spiro atoms. The maximum Gasteiger partial charge on any atom is 0.0701 e. The minimum absolute atomic E-state index is 0.0694. The topological polar surface area (TPSA) is 112 Å². The molecule has 0 saturated heterocycles. The Kier molecular flexibility index (Phi) is 26.9. The van der Waals surface area contributed by atoms with E-state index in [2.05, 4.69) is 6.92 Å². The van der Waals surface area contributed by atoms with Gasteiger partial charge in [0, 0.05) is 26.2 Å². The van der Waals surface area contributed by atoms with E-state index >= 15 is 0 Å². The van der Waals surface area contributed by atoms with E-state index in [1.165, 1.54) is 0 Å². The Balaban J connectivity index is 0. The Bertz CT molecular complexity index is 185. The minimum atomic E-state index is 0.0694. The molecule has 0 fully saturated rings. The number of ether oxygens (including phenoxy) is 3. The van der Waals surface area contributed by atoms with Gasteiger partial charge in [0.1, 0.15) is 0 Å². The van der Waals surface area contributed by atoms with Crippen LogP contribution in [0.1, 0.15) is 19.8 Å². The summed E-state index contributed by atoms with van der Waals surface area (Å²) in [5.41, 5.74) is 0. The molecular formula is C16H37NO7. The highest BCUT2D eigenvalue weighted by Gasteiger charge is 2.00. The monoisotopic (exact) mass is 355 g/mol. The lowest BCUT2D eigenvalue weighted by atomic mass is 10.4. The summed E-state index contributed by atoms with van der Waals surface area (Å²) in [5, 5.41) is 33.9. The average molecular weight is 355 g/mol. The molecule has 0 rings (SSSR count). The second-order valence-corrected chi connectivity index (χ2v) is 4.93. The first-order valence-electron chi connectivity index (χ1n) is 8.65. The van der Waals surface area contributed by atoms with Crippen molar-refractivity contribution in [2.45, 2.75) is 19.8 Å². The highest BCUT2D eigenvalue weighted by Crippen LogP contribution is 1.88. The van der Waals surface area contributed by atoms with Crippen molar-refractivity contribution >= 4 is 0 Å². The zero-order valence-corrected chi connectivity index (χ0v) is 15.1. The molecule has 0 bridgehead atoms. The standard InChI is InChI=1S/C10H22O4.C6H15NO3/c1-2-3-5-12-7-9-14-10-8-13-6-4-11;8-4-1-7(2-5-9)3-6-10/h11H,2-10H2,1H3;8-10H,1-6H2. The van der Waals surface area contributed by atoms with Crippen LogP contribution in [0.3, 0.4) is 0 Å². The summed E-state index contributed by atoms with van der Waals surface area (Å²) in [7, 11) is 0. The summed E-state index contributed by atoms with van der Waals surface area (Å²) in [4.78, 5) is 1.79. The molecule has 4 N–H and O–H groups in total. The van der Waals surface area contributed by atoms with Crippen molar-refractivity contribution in [3.8, 4) is 0 Å². The summed E-state index contributed by atoms with van der Waals surface area (Å²) in [6.45, 7) is 7.54. The van der Waals surface area contributed by atoms with Crippen molar-refractivity contribution in [1.82, 2.24) is 4.90 Å². The Morgan fingerprint density at radius 3 is 1.38 bits per heavy atom. The molecule has 0 radical (unpaired) electrons. The summed E-state index contributed by atoms with van der Waals surface area (Å²) < 4.78 is 15.5. The number of hydrogen-bond acceptors (Lipinski definition) is 8. The first-order valence-corrected chi connectivity index (χ1v) is 8.65. The molecule has 0 heterocycles. The summed E-state index contributed by atoms with van der Waals surface area (Å²) >= 11 is 0. The van der Waals surface area contributed by atoms with Gasteiger partial charge in [-0.15, -0.1) is 0 Å². The molecule has 0 aromatic rings. The van der Waals surface area contributed by atoms with Gasteiger partial charge in [0.25, 0.3) is 0 Å². The van der Waals surface area contributed by atoms with Gasteiger partial charge in [0.15, 0.2) is 0 Å². The lowest BCUT2D eigenvalue weighted by Gasteiger charge is -2.17. The van der Waals surface area contributed by atoms with Gasteiger partial charge in [0.2, 0.25) is 0 Å². The summed E-state index contributed by atoms with van der Waals surface area (Å²) in [5.74, 6) is 0. The van der Waals surface area contributed by atoms with Gasteiger partial charge in [0.05, 0.1) is 59.5 Å². The van der Waals surface area contributed by atoms with Crippen LogP contribution in [0.4, 0.5) is 0 Å². The number of hydrogen-bond donors (Lipinski definition) is 4. The molecule has 0 aliphatic carbocycles. The zero-order chi connectivity index (χ0) is 18.3. The van der Waals surface area contributed by atoms with Gasteiger partial charge in [-0.3, -0.25) is 4.90 Å². The predicted octanol–water partition coefficient (Wildman–Crippen LogP) is -0.906. The highest BCUT2D eigenvalue weighted by atomic mass is 16.5. The molecule has 24 heavy (non-hydrogen) atoms. The van der Waals surface area contributed by atoms with Gasteiger partial charge >= 0.3 is 0 Å². The molecular weight excluding hydrogens is 318 g/mol. The number of rotatable bonds is 17. The van der Waals surface area contributed by atoms with Crippen molar-refractivity contribution < 1.29 is 34.6 Å². The number of unbranched alkanes of at least 4 members (excludes halogenated alkanes) is 1. The largest absolute Gasteiger partial charge is 0.395 e. The second-order valence-electron chi connectivity index (χ2n) is 4.93. The third-order valence-electron chi connectivity index (χ3n) is 2.87. The first-order chi connectivity index (χ1) is 11.8. The quantitative estimate of drug-likeness (QED) is 0.248. The lowest BCUT2D eigenvalue weighted by Crippen LogP contribution is -2.32. The Morgan fingerprint density at radius 2 is 1.00 bits per heavy atom. The minimum Gasteiger partial charge on any atom is -0.395 e. The fraction of sp³-hybridized carbons (Fsp3) is 1.00. The van der Waals surface area contributed by atoms with Crippen LogP contribution < -0.4 is 0 Å². The summed E-state index contributed by atoms with van der Waals surface area (Å²) in [6, 6.07) is 0. The molecule has 8 nitrogen and oxygen atoms in total. The van der Waals surface area contributed by atoms with Gasteiger partial charge < -0.3 is 34.6 Å². The van der Waals surface area contributed by atoms with Crippen LogP contribution in [-0.2, 0) is 14.2 Å². The van der Waals surface area contributed by atoms with Gasteiger partial charge in [-0.25, -0.2) is 0 Å². The maximum atomic E-state index is 8.48. The van der Waals surface area contributed by atoms with Gasteiger partial charge in [-0.2, -0.15) is 0 Å².